The van der Waals surface area contributed by atoms with E-state index in [1.807, 2.05) is 71.0 Å². The number of fused-ring (bicyclic) bond motifs is 1. The standard InChI is InChI=1S/C25H32N4O3S.C2H6/c1-25(2,16-7-17-26)24(30)27-18-12-14-19(15-13-18)28-33(31,32)23-11-6-8-20-21(23)9-5-10-22(20)29(3)4;1-2/h5-6,8-15,28H,7,16-17,26H2,1-4H3,(H,27,30);1-2H3. The smallest absolute Gasteiger partial charge is 0.262 e. The van der Waals surface area contributed by atoms with E-state index >= 15 is 0 Å². The molecule has 0 radical (unpaired) electrons. The van der Waals surface area contributed by atoms with Gasteiger partial charge < -0.3 is 16.0 Å². The summed E-state index contributed by atoms with van der Waals surface area (Å²) in [5.41, 5.74) is 6.97. The number of anilines is 3. The Hall–Kier alpha value is -3.10. The first-order valence-electron chi connectivity index (χ1n) is 11.9. The van der Waals surface area contributed by atoms with Crippen LogP contribution in [0.1, 0.15) is 40.5 Å². The van der Waals surface area contributed by atoms with E-state index < -0.39 is 15.4 Å². The number of carbonyl (C=O) groups excluding carboxylic acids is 1. The summed E-state index contributed by atoms with van der Waals surface area (Å²) in [6.45, 7) is 8.30. The lowest BCUT2D eigenvalue weighted by atomic mass is 9.86. The van der Waals surface area contributed by atoms with Crippen molar-refractivity contribution in [1.29, 1.82) is 0 Å². The van der Waals surface area contributed by atoms with E-state index in [-0.39, 0.29) is 10.8 Å². The van der Waals surface area contributed by atoms with Crippen LogP contribution < -0.4 is 20.7 Å². The monoisotopic (exact) mass is 498 g/mol. The van der Waals surface area contributed by atoms with Gasteiger partial charge in [-0.2, -0.15) is 0 Å². The quantitative estimate of drug-likeness (QED) is 0.365. The van der Waals surface area contributed by atoms with E-state index in [4.69, 9.17) is 5.73 Å². The molecule has 0 atom stereocenters. The van der Waals surface area contributed by atoms with E-state index in [0.717, 1.165) is 17.5 Å². The fourth-order valence-corrected chi connectivity index (χ4v) is 4.96. The topological polar surface area (TPSA) is 105 Å². The molecule has 0 saturated heterocycles. The zero-order valence-corrected chi connectivity index (χ0v) is 22.4. The van der Waals surface area contributed by atoms with Crippen LogP contribution in [0.4, 0.5) is 17.1 Å². The van der Waals surface area contributed by atoms with Crippen LogP contribution in [-0.2, 0) is 14.8 Å². The highest BCUT2D eigenvalue weighted by Gasteiger charge is 2.27. The van der Waals surface area contributed by atoms with Crippen LogP contribution in [0.5, 0.6) is 0 Å². The molecule has 4 N–H and O–H groups in total. The summed E-state index contributed by atoms with van der Waals surface area (Å²) in [6, 6.07) is 17.5. The van der Waals surface area contributed by atoms with E-state index in [0.29, 0.717) is 29.7 Å². The second kappa shape index (κ2) is 12.0. The minimum atomic E-state index is -3.82. The molecule has 0 aliphatic rings. The SMILES string of the molecule is CC.CN(C)c1cccc2c(S(=O)(=O)Nc3ccc(NC(=O)C(C)(C)CCCN)cc3)cccc12. The third-order valence-electron chi connectivity index (χ3n) is 5.65. The van der Waals surface area contributed by atoms with Gasteiger partial charge in [0.25, 0.3) is 10.0 Å². The van der Waals surface area contributed by atoms with Gasteiger partial charge in [-0.05, 0) is 55.8 Å². The summed E-state index contributed by atoms with van der Waals surface area (Å²) in [6.07, 6.45) is 1.46. The van der Waals surface area contributed by atoms with Crippen LogP contribution >= 0.6 is 0 Å². The Bertz CT molecular complexity index is 1240. The molecule has 0 aromatic heterocycles. The van der Waals surface area contributed by atoms with Crippen molar-refractivity contribution < 1.29 is 13.2 Å². The zero-order chi connectivity index (χ0) is 26.2. The largest absolute Gasteiger partial charge is 0.377 e. The zero-order valence-electron chi connectivity index (χ0n) is 21.6. The molecule has 0 spiro atoms. The molecule has 3 aromatic carbocycles. The number of hydrogen-bond donors (Lipinski definition) is 3. The summed E-state index contributed by atoms with van der Waals surface area (Å²) in [7, 11) is 0.0294. The lowest BCUT2D eigenvalue weighted by Crippen LogP contribution is -2.31. The first kappa shape index (κ1) is 28.1. The fourth-order valence-electron chi connectivity index (χ4n) is 3.68. The van der Waals surface area contributed by atoms with Gasteiger partial charge in [0.1, 0.15) is 0 Å². The number of amides is 1. The molecular weight excluding hydrogens is 460 g/mol. The Morgan fingerprint density at radius 3 is 2.09 bits per heavy atom. The summed E-state index contributed by atoms with van der Waals surface area (Å²) in [5.74, 6) is -0.100. The average molecular weight is 499 g/mol. The number of nitrogens with zero attached hydrogens (tertiary/aromatic N) is 1. The maximum absolute atomic E-state index is 13.2. The average Bonchev–Trinajstić information content (AvgIpc) is 2.84. The number of carbonyl (C=O) groups is 1. The second-order valence-corrected chi connectivity index (χ2v) is 10.6. The molecule has 3 aromatic rings. The van der Waals surface area contributed by atoms with E-state index in [1.165, 1.54) is 0 Å². The highest BCUT2D eigenvalue weighted by Crippen LogP contribution is 2.31. The predicted octanol–water partition coefficient (Wildman–Crippen LogP) is 5.44. The molecule has 0 unspecified atom stereocenters. The lowest BCUT2D eigenvalue weighted by Gasteiger charge is -2.23. The molecule has 8 heteroatoms. The van der Waals surface area contributed by atoms with Gasteiger partial charge in [-0.25, -0.2) is 8.42 Å². The Morgan fingerprint density at radius 1 is 0.914 bits per heavy atom. The predicted molar refractivity (Wildman–Crippen MR) is 148 cm³/mol. The van der Waals surface area contributed by atoms with Crippen molar-refractivity contribution in [3.8, 4) is 0 Å². The van der Waals surface area contributed by atoms with Gasteiger partial charge in [-0.1, -0.05) is 52.0 Å². The van der Waals surface area contributed by atoms with E-state index in [1.54, 1.807) is 36.4 Å². The fraction of sp³-hybridized carbons (Fsp3) is 0.370. The Labute approximate surface area is 209 Å². The van der Waals surface area contributed by atoms with Gasteiger partial charge in [0, 0.05) is 47.3 Å². The van der Waals surface area contributed by atoms with Crippen molar-refractivity contribution in [2.45, 2.75) is 45.4 Å². The molecule has 0 aliphatic carbocycles. The van der Waals surface area contributed by atoms with Crippen molar-refractivity contribution in [2.75, 3.05) is 35.6 Å². The molecule has 0 saturated carbocycles. The highest BCUT2D eigenvalue weighted by atomic mass is 32.2. The number of benzene rings is 3. The van der Waals surface area contributed by atoms with Gasteiger partial charge in [0.2, 0.25) is 5.91 Å². The van der Waals surface area contributed by atoms with Gasteiger partial charge in [0.15, 0.2) is 0 Å². The summed E-state index contributed by atoms with van der Waals surface area (Å²) in [5, 5.41) is 4.41. The number of sulfonamides is 1. The van der Waals surface area contributed by atoms with Gasteiger partial charge in [-0.3, -0.25) is 9.52 Å². The van der Waals surface area contributed by atoms with Crippen LogP contribution in [0.3, 0.4) is 0 Å². The van der Waals surface area contributed by atoms with Crippen molar-refractivity contribution in [2.24, 2.45) is 11.1 Å². The normalized spacial score (nSPS) is 11.4. The summed E-state index contributed by atoms with van der Waals surface area (Å²) >= 11 is 0. The van der Waals surface area contributed by atoms with E-state index in [2.05, 4.69) is 10.0 Å². The molecule has 1 amide bonds. The highest BCUT2D eigenvalue weighted by molar-refractivity contribution is 7.93. The molecule has 35 heavy (non-hydrogen) atoms. The van der Waals surface area contributed by atoms with Gasteiger partial charge in [0.05, 0.1) is 4.90 Å². The minimum Gasteiger partial charge on any atom is -0.377 e. The molecule has 7 nitrogen and oxygen atoms in total. The molecule has 0 fully saturated rings. The van der Waals surface area contributed by atoms with Crippen molar-refractivity contribution >= 4 is 43.8 Å². The van der Waals surface area contributed by atoms with E-state index in [9.17, 15) is 13.2 Å². The number of hydrogen-bond acceptors (Lipinski definition) is 5. The molecule has 3 rings (SSSR count). The Kier molecular flexibility index (Phi) is 9.68. The van der Waals surface area contributed by atoms with Crippen molar-refractivity contribution in [3.05, 3.63) is 60.7 Å². The van der Waals surface area contributed by atoms with Crippen LogP contribution in [-0.4, -0.2) is 35.0 Å². The molecule has 0 aliphatic heterocycles. The molecular formula is C27H38N4O3S. The molecule has 0 bridgehead atoms. The number of rotatable bonds is 9. The molecule has 190 valence electrons. The van der Waals surface area contributed by atoms with Gasteiger partial charge in [-0.15, -0.1) is 0 Å². The third kappa shape index (κ3) is 6.96. The van der Waals surface area contributed by atoms with Crippen LogP contribution in [0.2, 0.25) is 0 Å². The van der Waals surface area contributed by atoms with Crippen LogP contribution in [0.15, 0.2) is 65.6 Å². The summed E-state index contributed by atoms with van der Waals surface area (Å²) in [4.78, 5) is 14.7. The van der Waals surface area contributed by atoms with Gasteiger partial charge >= 0.3 is 0 Å². The third-order valence-corrected chi connectivity index (χ3v) is 7.09. The lowest BCUT2D eigenvalue weighted by molar-refractivity contribution is -0.124. The summed E-state index contributed by atoms with van der Waals surface area (Å²) < 4.78 is 29.0. The Balaban J connectivity index is 0.00000210. The molecule has 0 heterocycles. The maximum Gasteiger partial charge on any atom is 0.262 e. The first-order chi connectivity index (χ1) is 16.5. The first-order valence-corrected chi connectivity index (χ1v) is 13.4. The minimum absolute atomic E-state index is 0.100. The van der Waals surface area contributed by atoms with Crippen LogP contribution in [0.25, 0.3) is 10.8 Å². The Morgan fingerprint density at radius 2 is 1.49 bits per heavy atom. The maximum atomic E-state index is 13.2. The number of nitrogens with two attached hydrogens (primary N) is 1. The number of nitrogens with one attached hydrogen (secondary N) is 2. The van der Waals surface area contributed by atoms with Crippen LogP contribution in [0, 0.1) is 5.41 Å². The van der Waals surface area contributed by atoms with Crippen molar-refractivity contribution in [1.82, 2.24) is 0 Å². The second-order valence-electron chi connectivity index (χ2n) is 8.94. The van der Waals surface area contributed by atoms with Crippen molar-refractivity contribution in [3.63, 3.8) is 0 Å².